The van der Waals surface area contributed by atoms with Gasteiger partial charge >= 0.3 is 0 Å². The topological polar surface area (TPSA) is 45.1 Å². The number of anilines is 1. The monoisotopic (exact) mass is 425 g/mol. The van der Waals surface area contributed by atoms with Crippen LogP contribution in [0.2, 0.25) is 5.02 Å². The molecule has 158 valence electrons. The molecule has 1 amide bonds. The van der Waals surface area contributed by atoms with Gasteiger partial charge in [0, 0.05) is 5.02 Å². The average molecular weight is 426 g/mol. The molecule has 2 aliphatic heterocycles. The van der Waals surface area contributed by atoms with Gasteiger partial charge in [0.05, 0.1) is 29.9 Å². The quantitative estimate of drug-likeness (QED) is 0.667. The lowest BCUT2D eigenvalue weighted by atomic mass is 9.84. The van der Waals surface area contributed by atoms with Crippen molar-refractivity contribution in [2.45, 2.75) is 39.2 Å². The first-order valence-electron chi connectivity index (χ1n) is 10.5. The largest absolute Gasteiger partial charge is 0.497 e. The number of nitrogens with zero attached hydrogens (tertiary/aromatic N) is 3. The van der Waals surface area contributed by atoms with Gasteiger partial charge in [0.15, 0.2) is 0 Å². The number of amides is 1. The maximum atomic E-state index is 13.6. The van der Waals surface area contributed by atoms with Crippen LogP contribution in [-0.2, 0) is 4.79 Å². The van der Waals surface area contributed by atoms with Crippen LogP contribution in [0.25, 0.3) is 0 Å². The molecule has 0 saturated carbocycles. The van der Waals surface area contributed by atoms with E-state index in [1.54, 1.807) is 12.0 Å². The van der Waals surface area contributed by atoms with Crippen LogP contribution in [0, 0.1) is 5.41 Å². The first-order chi connectivity index (χ1) is 14.4. The number of carbonyl (C=O) groups excluding carboxylic acids is 1. The van der Waals surface area contributed by atoms with Crippen LogP contribution in [0.15, 0.2) is 53.5 Å². The highest BCUT2D eigenvalue weighted by Gasteiger charge is 2.54. The summed E-state index contributed by atoms with van der Waals surface area (Å²) in [4.78, 5) is 22.8. The zero-order valence-electron chi connectivity index (χ0n) is 17.8. The summed E-state index contributed by atoms with van der Waals surface area (Å²) in [7, 11) is 1.65. The molecule has 6 heteroatoms. The number of benzene rings is 2. The number of hydrogen-bond donors (Lipinski definition) is 0. The van der Waals surface area contributed by atoms with Gasteiger partial charge in [-0.1, -0.05) is 18.0 Å². The summed E-state index contributed by atoms with van der Waals surface area (Å²) < 4.78 is 5.27. The molecule has 0 unspecified atom stereocenters. The van der Waals surface area contributed by atoms with Gasteiger partial charge in [-0.25, -0.2) is 4.99 Å². The highest BCUT2D eigenvalue weighted by Crippen LogP contribution is 2.41. The van der Waals surface area contributed by atoms with E-state index < -0.39 is 5.41 Å². The predicted octanol–water partition coefficient (Wildman–Crippen LogP) is 5.31. The van der Waals surface area contributed by atoms with E-state index in [1.165, 1.54) is 6.42 Å². The van der Waals surface area contributed by atoms with Crippen molar-refractivity contribution in [2.75, 3.05) is 25.1 Å². The number of carbonyl (C=O) groups is 1. The Kier molecular flexibility index (Phi) is 5.85. The third-order valence-electron chi connectivity index (χ3n) is 6.07. The first kappa shape index (κ1) is 20.9. The number of piperidine rings is 1. The Balaban J connectivity index is 1.83. The van der Waals surface area contributed by atoms with Gasteiger partial charge in [0.2, 0.25) is 5.91 Å². The summed E-state index contributed by atoms with van der Waals surface area (Å²) in [5.74, 6) is 1.62. The van der Waals surface area contributed by atoms with Gasteiger partial charge in [-0.3, -0.25) is 14.6 Å². The number of likely N-dealkylation sites (tertiary alicyclic amines) is 1. The molecule has 0 N–H and O–H groups in total. The molecule has 2 aromatic carbocycles. The fourth-order valence-corrected chi connectivity index (χ4v) is 4.62. The number of methoxy groups -OCH3 is 1. The Labute approximate surface area is 183 Å². The van der Waals surface area contributed by atoms with Gasteiger partial charge in [-0.05, 0) is 88.3 Å². The van der Waals surface area contributed by atoms with Crippen molar-refractivity contribution in [3.8, 4) is 5.75 Å². The van der Waals surface area contributed by atoms with Gasteiger partial charge in [0.25, 0.3) is 0 Å². The molecule has 2 aliphatic rings. The Hall–Kier alpha value is -2.37. The number of hydrogen-bond acceptors (Lipinski definition) is 4. The Morgan fingerprint density at radius 2 is 1.63 bits per heavy atom. The summed E-state index contributed by atoms with van der Waals surface area (Å²) in [5, 5.41) is 0.644. The van der Waals surface area contributed by atoms with E-state index in [9.17, 15) is 4.79 Å². The van der Waals surface area contributed by atoms with Gasteiger partial charge in [-0.15, -0.1) is 0 Å². The van der Waals surface area contributed by atoms with Crippen molar-refractivity contribution in [2.24, 2.45) is 10.4 Å². The average Bonchev–Trinajstić information content (AvgIpc) is 2.95. The van der Waals surface area contributed by atoms with Gasteiger partial charge in [0.1, 0.15) is 11.6 Å². The summed E-state index contributed by atoms with van der Waals surface area (Å²) in [5.41, 5.74) is 1.02. The number of rotatable bonds is 4. The van der Waals surface area contributed by atoms with Crippen LogP contribution in [0.1, 0.15) is 33.1 Å². The van der Waals surface area contributed by atoms with Crippen molar-refractivity contribution in [1.29, 1.82) is 0 Å². The van der Waals surface area contributed by atoms with Crippen LogP contribution >= 0.6 is 11.6 Å². The van der Waals surface area contributed by atoms with Crippen molar-refractivity contribution in [3.05, 3.63) is 53.6 Å². The molecule has 2 heterocycles. The molecule has 0 bridgehead atoms. The molecule has 2 fully saturated rings. The minimum absolute atomic E-state index is 0.0626. The molecule has 2 aromatic rings. The fraction of sp³-hybridized carbons (Fsp3) is 0.417. The Bertz CT molecular complexity index is 932. The van der Waals surface area contributed by atoms with Crippen molar-refractivity contribution < 1.29 is 9.53 Å². The molecule has 5 nitrogen and oxygen atoms in total. The highest BCUT2D eigenvalue weighted by atomic mass is 35.5. The molecule has 0 aliphatic carbocycles. The normalized spacial score (nSPS) is 23.2. The van der Waals surface area contributed by atoms with Crippen LogP contribution in [0.4, 0.5) is 11.4 Å². The van der Waals surface area contributed by atoms with Crippen LogP contribution in [0.3, 0.4) is 0 Å². The van der Waals surface area contributed by atoms with Crippen LogP contribution in [0.5, 0.6) is 5.75 Å². The summed E-state index contributed by atoms with van der Waals surface area (Å²) in [6, 6.07) is 15.0. The highest BCUT2D eigenvalue weighted by molar-refractivity contribution is 6.31. The SMILES string of the molecule is COc1ccc(N=C2[C@@H](N3CCCCC3)C(C)(C)C(=O)N2c2ccc(Cl)cc2)cc1. The van der Waals surface area contributed by atoms with E-state index in [-0.39, 0.29) is 11.9 Å². The fourth-order valence-electron chi connectivity index (χ4n) is 4.49. The van der Waals surface area contributed by atoms with E-state index in [0.29, 0.717) is 5.02 Å². The summed E-state index contributed by atoms with van der Waals surface area (Å²) >= 11 is 6.10. The lowest BCUT2D eigenvalue weighted by Crippen LogP contribution is -2.49. The zero-order valence-corrected chi connectivity index (χ0v) is 18.5. The minimum Gasteiger partial charge on any atom is -0.497 e. The Morgan fingerprint density at radius 1 is 1.00 bits per heavy atom. The third kappa shape index (κ3) is 3.84. The van der Waals surface area contributed by atoms with Crippen LogP contribution in [-0.4, -0.2) is 42.9 Å². The predicted molar refractivity (Wildman–Crippen MR) is 122 cm³/mol. The number of ether oxygens (including phenoxy) is 1. The van der Waals surface area contributed by atoms with E-state index in [1.807, 2.05) is 62.4 Å². The van der Waals surface area contributed by atoms with E-state index in [0.717, 1.165) is 48.9 Å². The van der Waals surface area contributed by atoms with Gasteiger partial charge < -0.3 is 4.74 Å². The number of amidine groups is 1. The summed E-state index contributed by atoms with van der Waals surface area (Å²) in [6.07, 6.45) is 3.54. The van der Waals surface area contributed by atoms with E-state index in [4.69, 9.17) is 21.3 Å². The van der Waals surface area contributed by atoms with Crippen LogP contribution < -0.4 is 9.64 Å². The number of halogens is 1. The molecular weight excluding hydrogens is 398 g/mol. The molecule has 0 radical (unpaired) electrons. The smallest absolute Gasteiger partial charge is 0.240 e. The lowest BCUT2D eigenvalue weighted by Gasteiger charge is -2.37. The van der Waals surface area contributed by atoms with Gasteiger partial charge in [-0.2, -0.15) is 0 Å². The second-order valence-corrected chi connectivity index (χ2v) is 8.94. The summed E-state index contributed by atoms with van der Waals surface area (Å²) in [6.45, 7) is 6.04. The second-order valence-electron chi connectivity index (χ2n) is 8.51. The maximum Gasteiger partial charge on any atom is 0.240 e. The van der Waals surface area contributed by atoms with E-state index >= 15 is 0 Å². The van der Waals surface area contributed by atoms with Crippen molar-refractivity contribution in [3.63, 3.8) is 0 Å². The standard InChI is InChI=1S/C24H28ClN3O2/c1-24(2)21(27-15-5-4-6-16-27)22(26-18-9-13-20(30-3)14-10-18)28(23(24)29)19-11-7-17(25)8-12-19/h7-14,21H,4-6,15-16H2,1-3H3/t21-/m1/s1. The minimum atomic E-state index is -0.581. The van der Waals surface area contributed by atoms with Crippen molar-refractivity contribution >= 4 is 34.7 Å². The number of aliphatic imine (C=N–C) groups is 1. The third-order valence-corrected chi connectivity index (χ3v) is 6.32. The Morgan fingerprint density at radius 3 is 2.23 bits per heavy atom. The van der Waals surface area contributed by atoms with Crippen molar-refractivity contribution in [1.82, 2.24) is 4.90 Å². The second kappa shape index (κ2) is 8.40. The molecule has 30 heavy (non-hydrogen) atoms. The van der Waals surface area contributed by atoms with E-state index in [2.05, 4.69) is 4.90 Å². The molecule has 0 aromatic heterocycles. The molecule has 4 rings (SSSR count). The molecular formula is C24H28ClN3O2. The molecule has 0 spiro atoms. The first-order valence-corrected chi connectivity index (χ1v) is 10.9. The zero-order chi connectivity index (χ0) is 21.3. The molecule has 2 saturated heterocycles. The maximum absolute atomic E-state index is 13.6. The molecule has 1 atom stereocenters. The lowest BCUT2D eigenvalue weighted by molar-refractivity contribution is -0.125.